The van der Waals surface area contributed by atoms with E-state index < -0.39 is 5.41 Å². The molecular formula is C36H46O5. The number of esters is 2. The highest BCUT2D eigenvalue weighted by Crippen LogP contribution is 2.74. The number of rotatable bonds is 5. The molecule has 1 spiro atoms. The zero-order valence-electron chi connectivity index (χ0n) is 25.4. The van der Waals surface area contributed by atoms with Crippen molar-refractivity contribution in [1.29, 1.82) is 0 Å². The maximum Gasteiger partial charge on any atom is 0.331 e. The number of ketones is 1. The molecule has 0 radical (unpaired) electrons. The summed E-state index contributed by atoms with van der Waals surface area (Å²) in [4.78, 5) is 40.2. The Bertz CT molecular complexity index is 1280. The Morgan fingerprint density at radius 2 is 1.78 bits per heavy atom. The predicted molar refractivity (Wildman–Crippen MR) is 158 cm³/mol. The first kappa shape index (κ1) is 28.4. The molecule has 0 aliphatic heterocycles. The summed E-state index contributed by atoms with van der Waals surface area (Å²) < 4.78 is 11.6. The monoisotopic (exact) mass is 558 g/mol. The molecule has 4 saturated carbocycles. The quantitative estimate of drug-likeness (QED) is 0.217. The van der Waals surface area contributed by atoms with Crippen molar-refractivity contribution in [2.45, 2.75) is 85.2 Å². The number of methoxy groups -OCH3 is 1. The first-order valence-corrected chi connectivity index (χ1v) is 15.8. The van der Waals surface area contributed by atoms with Crippen molar-refractivity contribution in [3.05, 3.63) is 53.6 Å². The van der Waals surface area contributed by atoms with E-state index >= 15 is 0 Å². The molecule has 7 rings (SSSR count). The maximum atomic E-state index is 14.0. The smallest absolute Gasteiger partial charge is 0.331 e. The second kappa shape index (κ2) is 10.2. The normalized spacial score (nSPS) is 41.3. The zero-order chi connectivity index (χ0) is 29.2. The highest BCUT2D eigenvalue weighted by atomic mass is 16.5. The molecular weight excluding hydrogens is 512 g/mol. The Morgan fingerprint density at radius 1 is 1.02 bits per heavy atom. The number of fused-ring (bicyclic) bond motifs is 1. The van der Waals surface area contributed by atoms with Gasteiger partial charge in [-0.3, -0.25) is 9.59 Å². The molecule has 0 heterocycles. The highest BCUT2D eigenvalue weighted by Gasteiger charge is 2.71. The standard InChI is InChI=1S/C36H46O5/c1-22(2)25-21-36-19-16-28-34(3,17-9-18-35(28,4)33(39)40-5)29(36)20-24(25)31-27(14-13-26(37)32(31)36)41-30(38)15-12-23-10-7-6-8-11-23/h6-8,10-12,15,21-22,24,27-29,31-32H,9,13-14,16-20H2,1-5H3/b15-12+/t24-,27-,28+,29+,31-,32+,34-,35+,36-/m0/s1. The topological polar surface area (TPSA) is 69.7 Å². The number of hydrogen-bond acceptors (Lipinski definition) is 5. The summed E-state index contributed by atoms with van der Waals surface area (Å²) in [7, 11) is 1.52. The fourth-order valence-electron chi connectivity index (χ4n) is 10.8. The van der Waals surface area contributed by atoms with E-state index in [1.165, 1.54) is 18.8 Å². The minimum Gasteiger partial charge on any atom is -0.469 e. The Morgan fingerprint density at radius 3 is 2.49 bits per heavy atom. The Balaban J connectivity index is 1.35. The van der Waals surface area contributed by atoms with Crippen molar-refractivity contribution < 1.29 is 23.9 Å². The van der Waals surface area contributed by atoms with Crippen LogP contribution in [0, 0.1) is 51.8 Å². The average Bonchev–Trinajstić information content (AvgIpc) is 2.96. The summed E-state index contributed by atoms with van der Waals surface area (Å²) in [6.45, 7) is 9.08. The minimum absolute atomic E-state index is 0.0275. The highest BCUT2D eigenvalue weighted by molar-refractivity contribution is 5.88. The lowest BCUT2D eigenvalue weighted by Crippen LogP contribution is -2.68. The number of allylic oxidation sites excluding steroid dienone is 2. The lowest BCUT2D eigenvalue weighted by Gasteiger charge is -2.70. The predicted octanol–water partition coefficient (Wildman–Crippen LogP) is 7.20. The van der Waals surface area contributed by atoms with Gasteiger partial charge in [0, 0.05) is 29.7 Å². The molecule has 9 atom stereocenters. The summed E-state index contributed by atoms with van der Waals surface area (Å²) >= 11 is 0. The third-order valence-corrected chi connectivity index (χ3v) is 12.3. The molecule has 0 unspecified atom stereocenters. The van der Waals surface area contributed by atoms with Crippen LogP contribution in [-0.2, 0) is 23.9 Å². The van der Waals surface area contributed by atoms with Crippen LogP contribution >= 0.6 is 0 Å². The van der Waals surface area contributed by atoms with Gasteiger partial charge in [-0.1, -0.05) is 69.2 Å². The van der Waals surface area contributed by atoms with Crippen LogP contribution in [0.2, 0.25) is 0 Å². The third-order valence-electron chi connectivity index (χ3n) is 12.3. The van der Waals surface area contributed by atoms with Gasteiger partial charge >= 0.3 is 11.9 Å². The summed E-state index contributed by atoms with van der Waals surface area (Å²) in [6.07, 6.45) is 12.5. The molecule has 0 N–H and O–H groups in total. The van der Waals surface area contributed by atoms with E-state index in [0.717, 1.165) is 44.1 Å². The zero-order valence-corrected chi connectivity index (χ0v) is 25.4. The van der Waals surface area contributed by atoms with E-state index in [2.05, 4.69) is 33.8 Å². The van der Waals surface area contributed by atoms with Crippen LogP contribution in [0.3, 0.4) is 0 Å². The van der Waals surface area contributed by atoms with Crippen molar-refractivity contribution >= 4 is 23.8 Å². The molecule has 0 aromatic heterocycles. The van der Waals surface area contributed by atoms with Crippen LogP contribution < -0.4 is 0 Å². The van der Waals surface area contributed by atoms with Crippen LogP contribution in [0.15, 0.2) is 48.1 Å². The minimum atomic E-state index is -0.482. The van der Waals surface area contributed by atoms with Crippen molar-refractivity contribution in [1.82, 2.24) is 0 Å². The Labute approximate surface area is 245 Å². The van der Waals surface area contributed by atoms with E-state index in [1.54, 1.807) is 6.08 Å². The van der Waals surface area contributed by atoms with Gasteiger partial charge in [0.25, 0.3) is 0 Å². The van der Waals surface area contributed by atoms with E-state index in [0.29, 0.717) is 30.5 Å². The molecule has 5 nitrogen and oxygen atoms in total. The van der Waals surface area contributed by atoms with Gasteiger partial charge in [0.1, 0.15) is 11.9 Å². The summed E-state index contributed by atoms with van der Waals surface area (Å²) in [5.74, 6) is 1.03. The van der Waals surface area contributed by atoms with Crippen molar-refractivity contribution in [2.75, 3.05) is 7.11 Å². The molecule has 6 aliphatic rings. The summed E-state index contributed by atoms with van der Waals surface area (Å²) in [5.41, 5.74) is 1.65. The fraction of sp³-hybridized carbons (Fsp3) is 0.639. The number of benzene rings is 1. The number of ether oxygens (including phenoxy) is 2. The molecule has 0 amide bonds. The first-order valence-electron chi connectivity index (χ1n) is 15.8. The van der Waals surface area contributed by atoms with Gasteiger partial charge in [-0.15, -0.1) is 0 Å². The lowest BCUT2D eigenvalue weighted by molar-refractivity contribution is -0.212. The molecule has 6 aliphatic carbocycles. The third kappa shape index (κ3) is 4.28. The van der Waals surface area contributed by atoms with E-state index in [9.17, 15) is 14.4 Å². The van der Waals surface area contributed by atoms with E-state index in [4.69, 9.17) is 9.47 Å². The van der Waals surface area contributed by atoms with Crippen molar-refractivity contribution in [2.24, 2.45) is 51.8 Å². The molecule has 220 valence electrons. The van der Waals surface area contributed by atoms with Crippen LogP contribution in [-0.4, -0.2) is 30.9 Å². The molecule has 1 aromatic carbocycles. The summed E-state index contributed by atoms with van der Waals surface area (Å²) in [5, 5.41) is 0. The number of Topliss-reactive ketones (excluding diaryl/α,β-unsaturated/α-hetero) is 1. The Kier molecular flexibility index (Phi) is 7.10. The Hall–Kier alpha value is -2.69. The van der Waals surface area contributed by atoms with Gasteiger partial charge in [0.15, 0.2) is 0 Å². The van der Waals surface area contributed by atoms with Crippen molar-refractivity contribution in [3.63, 3.8) is 0 Å². The molecule has 4 fully saturated rings. The molecule has 41 heavy (non-hydrogen) atoms. The van der Waals surface area contributed by atoms with Crippen LogP contribution in [0.4, 0.5) is 0 Å². The van der Waals surface area contributed by atoms with Gasteiger partial charge < -0.3 is 9.47 Å². The van der Waals surface area contributed by atoms with E-state index in [-0.39, 0.29) is 52.5 Å². The van der Waals surface area contributed by atoms with Crippen LogP contribution in [0.25, 0.3) is 6.08 Å². The second-order valence-electron chi connectivity index (χ2n) is 14.4. The second-order valence-corrected chi connectivity index (χ2v) is 14.4. The van der Waals surface area contributed by atoms with Gasteiger partial charge in [-0.2, -0.15) is 0 Å². The largest absolute Gasteiger partial charge is 0.469 e. The van der Waals surface area contributed by atoms with Crippen LogP contribution in [0.1, 0.15) is 84.6 Å². The van der Waals surface area contributed by atoms with Crippen LogP contribution in [0.5, 0.6) is 0 Å². The fourth-order valence-corrected chi connectivity index (χ4v) is 10.8. The van der Waals surface area contributed by atoms with Gasteiger partial charge in [0.2, 0.25) is 0 Å². The molecule has 2 bridgehead atoms. The molecule has 0 saturated heterocycles. The van der Waals surface area contributed by atoms with Gasteiger partial charge in [0.05, 0.1) is 12.5 Å². The SMILES string of the molecule is COC(=O)[C@]1(C)CCC[C@]2(C)[C@H]3C[C@H]4C(C(C)C)=C[C@]3(CC[C@H]21)[C@@H]1C(=O)CC[C@H](OC(=O)/C=C/c2ccccc2)[C@@H]14. The first-order chi connectivity index (χ1) is 19.5. The summed E-state index contributed by atoms with van der Waals surface area (Å²) in [6, 6.07) is 9.78. The van der Waals surface area contributed by atoms with E-state index in [1.807, 2.05) is 30.3 Å². The van der Waals surface area contributed by atoms with Gasteiger partial charge in [-0.25, -0.2) is 4.79 Å². The lowest BCUT2D eigenvalue weighted by atomic mass is 9.33. The van der Waals surface area contributed by atoms with Gasteiger partial charge in [-0.05, 0) is 86.2 Å². The molecule has 1 aromatic rings. The average molecular weight is 559 g/mol. The molecule has 5 heteroatoms. The number of carbonyl (C=O) groups excluding carboxylic acids is 3. The number of carbonyl (C=O) groups is 3. The number of hydrogen-bond donors (Lipinski definition) is 0. The van der Waals surface area contributed by atoms with Crippen molar-refractivity contribution in [3.8, 4) is 0 Å². The maximum absolute atomic E-state index is 14.0.